The molecule has 0 saturated heterocycles. The molecule has 0 bridgehead atoms. The van der Waals surface area contributed by atoms with Crippen molar-refractivity contribution in [3.8, 4) is 17.3 Å². The van der Waals surface area contributed by atoms with Gasteiger partial charge in [0.15, 0.2) is 5.82 Å². The Hall–Kier alpha value is -3.59. The molecule has 0 aromatic carbocycles. The highest BCUT2D eigenvalue weighted by Gasteiger charge is 2.16. The van der Waals surface area contributed by atoms with E-state index in [1.54, 1.807) is 26.3 Å². The van der Waals surface area contributed by atoms with Crippen molar-refractivity contribution >= 4 is 23.0 Å². The minimum absolute atomic E-state index is 0.177. The van der Waals surface area contributed by atoms with Crippen molar-refractivity contribution in [1.82, 2.24) is 30.2 Å². The van der Waals surface area contributed by atoms with Crippen LogP contribution in [0, 0.1) is 6.92 Å². The number of methoxy groups -OCH3 is 1. The van der Waals surface area contributed by atoms with Gasteiger partial charge in [0, 0.05) is 18.8 Å². The highest BCUT2D eigenvalue weighted by Crippen LogP contribution is 2.31. The molecule has 0 radical (unpaired) electrons. The minimum Gasteiger partial charge on any atom is -0.481 e. The zero-order chi connectivity index (χ0) is 20.2. The molecule has 0 atom stereocenters. The number of nitrogens with two attached hydrogens (primary N) is 1. The Morgan fingerprint density at radius 1 is 1.14 bits per heavy atom. The van der Waals surface area contributed by atoms with Gasteiger partial charge in [-0.05, 0) is 43.2 Å². The summed E-state index contributed by atoms with van der Waals surface area (Å²) in [6, 6.07) is 5.69. The van der Waals surface area contributed by atoms with Gasteiger partial charge in [0.2, 0.25) is 11.8 Å². The number of nitrogens with zero attached hydrogens (tertiary/aromatic N) is 5. The number of aromatic nitrogens is 5. The van der Waals surface area contributed by atoms with Gasteiger partial charge in [0.1, 0.15) is 11.6 Å². The molecular formula is C20H22N8O. The van der Waals surface area contributed by atoms with E-state index in [0.717, 1.165) is 36.3 Å². The maximum absolute atomic E-state index is 5.87. The molecule has 0 saturated carbocycles. The summed E-state index contributed by atoms with van der Waals surface area (Å²) in [6.45, 7) is 3.57. The molecule has 9 nitrogen and oxygen atoms in total. The van der Waals surface area contributed by atoms with Crippen molar-refractivity contribution in [3.05, 3.63) is 48.1 Å². The Morgan fingerprint density at radius 3 is 2.72 bits per heavy atom. The third-order valence-electron chi connectivity index (χ3n) is 4.54. The monoisotopic (exact) mass is 390 g/mol. The average Bonchev–Trinajstić information content (AvgIpc) is 2.74. The van der Waals surface area contributed by atoms with E-state index in [-0.39, 0.29) is 5.95 Å². The average molecular weight is 390 g/mol. The van der Waals surface area contributed by atoms with E-state index in [2.05, 4.69) is 41.6 Å². The lowest BCUT2D eigenvalue weighted by atomic mass is 10.00. The van der Waals surface area contributed by atoms with Gasteiger partial charge in [-0.15, -0.1) is 0 Å². The minimum atomic E-state index is 0.177. The Kier molecular flexibility index (Phi) is 5.30. The van der Waals surface area contributed by atoms with Crippen LogP contribution in [0.3, 0.4) is 0 Å². The van der Waals surface area contributed by atoms with E-state index >= 15 is 0 Å². The predicted molar refractivity (Wildman–Crippen MR) is 112 cm³/mol. The molecule has 29 heavy (non-hydrogen) atoms. The van der Waals surface area contributed by atoms with Crippen LogP contribution in [0.5, 0.6) is 5.88 Å². The van der Waals surface area contributed by atoms with Crippen molar-refractivity contribution in [1.29, 1.82) is 0 Å². The van der Waals surface area contributed by atoms with Crippen LogP contribution in [0.15, 0.2) is 36.7 Å². The predicted octanol–water partition coefficient (Wildman–Crippen LogP) is 2.35. The third kappa shape index (κ3) is 4.30. The van der Waals surface area contributed by atoms with Crippen LogP contribution in [0.25, 0.3) is 17.0 Å². The molecule has 4 rings (SSSR count). The second-order valence-corrected chi connectivity index (χ2v) is 6.58. The number of rotatable bonds is 5. The molecule has 9 heteroatoms. The zero-order valence-corrected chi connectivity index (χ0v) is 16.3. The normalized spacial score (nSPS) is 13.7. The summed E-state index contributed by atoms with van der Waals surface area (Å²) in [5.74, 6) is 2.35. The van der Waals surface area contributed by atoms with Gasteiger partial charge < -0.3 is 21.1 Å². The molecule has 0 aliphatic carbocycles. The van der Waals surface area contributed by atoms with E-state index in [1.165, 1.54) is 5.57 Å². The molecule has 148 valence electrons. The maximum atomic E-state index is 5.87. The summed E-state index contributed by atoms with van der Waals surface area (Å²) >= 11 is 0. The van der Waals surface area contributed by atoms with Gasteiger partial charge in [-0.2, -0.15) is 9.97 Å². The quantitative estimate of drug-likeness (QED) is 0.602. The van der Waals surface area contributed by atoms with Crippen LogP contribution in [0.2, 0.25) is 0 Å². The fraction of sp³-hybridized carbons (Fsp3) is 0.250. The molecule has 0 spiro atoms. The Labute approximate surface area is 168 Å². The van der Waals surface area contributed by atoms with Crippen molar-refractivity contribution in [2.24, 2.45) is 0 Å². The first-order valence-corrected chi connectivity index (χ1v) is 9.28. The zero-order valence-electron chi connectivity index (χ0n) is 16.3. The smallest absolute Gasteiger partial charge is 0.223 e. The number of hydrogen-bond acceptors (Lipinski definition) is 9. The molecule has 1 aliphatic heterocycles. The second-order valence-electron chi connectivity index (χ2n) is 6.58. The third-order valence-corrected chi connectivity index (χ3v) is 4.54. The van der Waals surface area contributed by atoms with Crippen molar-refractivity contribution in [2.75, 3.05) is 31.2 Å². The summed E-state index contributed by atoms with van der Waals surface area (Å²) < 4.78 is 5.11. The van der Waals surface area contributed by atoms with Crippen molar-refractivity contribution in [3.63, 3.8) is 0 Å². The molecule has 4 N–H and O–H groups in total. The molecule has 4 heterocycles. The molecule has 0 unspecified atom stereocenters. The highest BCUT2D eigenvalue weighted by atomic mass is 16.5. The molecule has 0 amide bonds. The number of nitrogens with one attached hydrogen (secondary N) is 2. The summed E-state index contributed by atoms with van der Waals surface area (Å²) in [5, 5.41) is 6.61. The van der Waals surface area contributed by atoms with Crippen LogP contribution in [-0.4, -0.2) is 45.1 Å². The lowest BCUT2D eigenvalue weighted by Crippen LogP contribution is -2.20. The highest BCUT2D eigenvalue weighted by molar-refractivity contribution is 5.79. The van der Waals surface area contributed by atoms with E-state index < -0.39 is 0 Å². The maximum Gasteiger partial charge on any atom is 0.223 e. The molecule has 1 aliphatic rings. The first kappa shape index (κ1) is 18.8. The van der Waals surface area contributed by atoms with Crippen molar-refractivity contribution in [2.45, 2.75) is 13.3 Å². The van der Waals surface area contributed by atoms with Crippen LogP contribution >= 0.6 is 0 Å². The van der Waals surface area contributed by atoms with Gasteiger partial charge in [-0.1, -0.05) is 6.08 Å². The first-order chi connectivity index (χ1) is 14.1. The fourth-order valence-corrected chi connectivity index (χ4v) is 3.13. The SMILES string of the molecule is COc1ccc(Nc2ncc(C3=CCNCC3)cc2-c2nc(C)nc(N)n2)cn1. The summed E-state index contributed by atoms with van der Waals surface area (Å²) in [4.78, 5) is 21.8. The standard InChI is InChI=1S/C20H22N8O/c1-12-25-19(28-20(21)26-12)16-9-14(13-5-7-22-8-6-13)10-24-18(16)27-15-3-4-17(29-2)23-11-15/h3-5,9-11,22H,6-8H2,1-2H3,(H,24,27)(H2,21,25,26,28). The van der Waals surface area contributed by atoms with Crippen LogP contribution < -0.4 is 21.1 Å². The molecule has 3 aromatic heterocycles. The van der Waals surface area contributed by atoms with Crippen LogP contribution in [0.1, 0.15) is 17.8 Å². The van der Waals surface area contributed by atoms with Gasteiger partial charge in [0.25, 0.3) is 0 Å². The van der Waals surface area contributed by atoms with E-state index in [1.807, 2.05) is 18.3 Å². The van der Waals surface area contributed by atoms with Gasteiger partial charge in [-0.25, -0.2) is 15.0 Å². The number of aryl methyl sites for hydroxylation is 1. The topological polar surface area (TPSA) is 124 Å². The van der Waals surface area contributed by atoms with Gasteiger partial charge >= 0.3 is 0 Å². The number of hydrogen-bond donors (Lipinski definition) is 3. The number of anilines is 3. The largest absolute Gasteiger partial charge is 0.481 e. The second kappa shape index (κ2) is 8.19. The fourth-order valence-electron chi connectivity index (χ4n) is 3.13. The first-order valence-electron chi connectivity index (χ1n) is 9.28. The molecular weight excluding hydrogens is 368 g/mol. The number of nitrogen functional groups attached to an aromatic ring is 1. The van der Waals surface area contributed by atoms with Crippen LogP contribution in [-0.2, 0) is 0 Å². The lowest BCUT2D eigenvalue weighted by Gasteiger charge is -2.17. The van der Waals surface area contributed by atoms with E-state index in [4.69, 9.17) is 10.5 Å². The lowest BCUT2D eigenvalue weighted by molar-refractivity contribution is 0.398. The van der Waals surface area contributed by atoms with Gasteiger partial charge in [-0.3, -0.25) is 0 Å². The molecule has 0 fully saturated rings. The van der Waals surface area contributed by atoms with Gasteiger partial charge in [0.05, 0.1) is 24.6 Å². The Bertz CT molecular complexity index is 1030. The van der Waals surface area contributed by atoms with Crippen LogP contribution in [0.4, 0.5) is 17.5 Å². The van der Waals surface area contributed by atoms with Crippen molar-refractivity contribution < 1.29 is 4.74 Å². The number of ether oxygens (including phenoxy) is 1. The Balaban J connectivity index is 1.77. The molecule has 3 aromatic rings. The van der Waals surface area contributed by atoms with E-state index in [0.29, 0.717) is 23.3 Å². The Morgan fingerprint density at radius 2 is 2.03 bits per heavy atom. The summed E-state index contributed by atoms with van der Waals surface area (Å²) in [6.07, 6.45) is 6.66. The number of pyridine rings is 2. The summed E-state index contributed by atoms with van der Waals surface area (Å²) in [7, 11) is 1.58. The van der Waals surface area contributed by atoms with E-state index in [9.17, 15) is 0 Å². The summed E-state index contributed by atoms with van der Waals surface area (Å²) in [5.41, 5.74) is 9.66.